The van der Waals surface area contributed by atoms with Crippen molar-refractivity contribution in [3.8, 4) is 0 Å². The number of aliphatic imine (C=N–C) groups is 1. The third kappa shape index (κ3) is 2.64. The Morgan fingerprint density at radius 3 is 2.70 bits per heavy atom. The summed E-state index contributed by atoms with van der Waals surface area (Å²) in [6.07, 6.45) is 1.54. The standard InChI is InChI=1S/C14H7ClINO3/c15-10-4-2-1-3-9(10)13-17-11(14(18)20-13)7-8-5-6-12(16)19-8/h1-7H/b11-7-. The maximum absolute atomic E-state index is 11.8. The molecule has 4 nitrogen and oxygen atoms in total. The van der Waals surface area contributed by atoms with E-state index < -0.39 is 5.97 Å². The highest BCUT2D eigenvalue weighted by Gasteiger charge is 2.25. The molecular weight excluding hydrogens is 393 g/mol. The number of cyclic esters (lactones) is 1. The summed E-state index contributed by atoms with van der Waals surface area (Å²) in [4.78, 5) is 16.0. The SMILES string of the molecule is O=C1OC(c2ccccc2Cl)=N/C1=C\c1ccc(I)o1. The number of benzene rings is 1. The van der Waals surface area contributed by atoms with Crippen molar-refractivity contribution in [3.05, 3.63) is 62.2 Å². The summed E-state index contributed by atoms with van der Waals surface area (Å²) in [6.45, 7) is 0. The van der Waals surface area contributed by atoms with E-state index in [0.717, 1.165) is 3.77 Å². The van der Waals surface area contributed by atoms with E-state index in [2.05, 4.69) is 4.99 Å². The van der Waals surface area contributed by atoms with Crippen LogP contribution in [0.4, 0.5) is 0 Å². The van der Waals surface area contributed by atoms with Gasteiger partial charge in [0.25, 0.3) is 0 Å². The van der Waals surface area contributed by atoms with Crippen LogP contribution in [0.5, 0.6) is 0 Å². The fourth-order valence-corrected chi connectivity index (χ4v) is 2.35. The van der Waals surface area contributed by atoms with E-state index in [1.165, 1.54) is 6.08 Å². The predicted molar refractivity (Wildman–Crippen MR) is 83.5 cm³/mol. The lowest BCUT2D eigenvalue weighted by Gasteiger charge is -2.00. The number of esters is 1. The van der Waals surface area contributed by atoms with E-state index in [1.807, 2.05) is 22.6 Å². The van der Waals surface area contributed by atoms with Gasteiger partial charge in [-0.1, -0.05) is 23.7 Å². The summed E-state index contributed by atoms with van der Waals surface area (Å²) in [7, 11) is 0. The normalized spacial score (nSPS) is 16.4. The number of carbonyl (C=O) groups excluding carboxylic acids is 1. The highest BCUT2D eigenvalue weighted by Crippen LogP contribution is 2.24. The van der Waals surface area contributed by atoms with Gasteiger partial charge in [-0.2, -0.15) is 0 Å². The van der Waals surface area contributed by atoms with Crippen LogP contribution in [0, 0.1) is 3.77 Å². The fourth-order valence-electron chi connectivity index (χ4n) is 1.70. The Hall–Kier alpha value is -1.60. The van der Waals surface area contributed by atoms with Crippen LogP contribution in [-0.2, 0) is 9.53 Å². The first kappa shape index (κ1) is 13.4. The van der Waals surface area contributed by atoms with Gasteiger partial charge in [-0.15, -0.1) is 0 Å². The van der Waals surface area contributed by atoms with Crippen molar-refractivity contribution in [2.45, 2.75) is 0 Å². The fraction of sp³-hybridized carbons (Fsp3) is 0. The molecule has 0 amide bonds. The monoisotopic (exact) mass is 399 g/mol. The molecule has 100 valence electrons. The highest BCUT2D eigenvalue weighted by atomic mass is 127. The third-order valence-electron chi connectivity index (χ3n) is 2.60. The lowest BCUT2D eigenvalue weighted by Crippen LogP contribution is -2.05. The summed E-state index contributed by atoms with van der Waals surface area (Å²) in [5.41, 5.74) is 0.769. The number of hydrogen-bond donors (Lipinski definition) is 0. The molecule has 0 saturated heterocycles. The predicted octanol–water partition coefficient (Wildman–Crippen LogP) is 3.88. The van der Waals surface area contributed by atoms with Gasteiger partial charge in [0, 0.05) is 6.08 Å². The Bertz CT molecular complexity index is 748. The van der Waals surface area contributed by atoms with Crippen LogP contribution in [0.25, 0.3) is 6.08 Å². The summed E-state index contributed by atoms with van der Waals surface area (Å²) in [5.74, 6) is 0.227. The van der Waals surface area contributed by atoms with Crippen LogP contribution in [0.15, 0.2) is 51.5 Å². The first-order chi connectivity index (χ1) is 9.63. The molecular formula is C14H7ClINO3. The first-order valence-corrected chi connectivity index (χ1v) is 7.12. The molecule has 0 unspecified atom stereocenters. The van der Waals surface area contributed by atoms with Crippen molar-refractivity contribution in [2.75, 3.05) is 0 Å². The molecule has 1 aromatic heterocycles. The second kappa shape index (κ2) is 5.41. The van der Waals surface area contributed by atoms with Gasteiger partial charge in [0.1, 0.15) is 5.76 Å². The number of rotatable bonds is 2. The van der Waals surface area contributed by atoms with Crippen LogP contribution >= 0.6 is 34.2 Å². The highest BCUT2D eigenvalue weighted by molar-refractivity contribution is 14.1. The van der Waals surface area contributed by atoms with Crippen molar-refractivity contribution < 1.29 is 13.9 Å². The summed E-state index contributed by atoms with van der Waals surface area (Å²) >= 11 is 8.10. The van der Waals surface area contributed by atoms with Crippen molar-refractivity contribution in [2.24, 2.45) is 4.99 Å². The lowest BCUT2D eigenvalue weighted by atomic mass is 10.2. The van der Waals surface area contributed by atoms with Crippen LogP contribution < -0.4 is 0 Å². The van der Waals surface area contributed by atoms with E-state index in [9.17, 15) is 4.79 Å². The van der Waals surface area contributed by atoms with Gasteiger partial charge >= 0.3 is 5.97 Å². The van der Waals surface area contributed by atoms with Gasteiger partial charge in [-0.05, 0) is 46.9 Å². The van der Waals surface area contributed by atoms with E-state index >= 15 is 0 Å². The lowest BCUT2D eigenvalue weighted by molar-refractivity contribution is -0.129. The average Bonchev–Trinajstić information content (AvgIpc) is 2.98. The van der Waals surface area contributed by atoms with Crippen LogP contribution in [0.2, 0.25) is 5.02 Å². The molecule has 20 heavy (non-hydrogen) atoms. The zero-order chi connectivity index (χ0) is 14.1. The molecule has 1 aromatic carbocycles. The van der Waals surface area contributed by atoms with E-state index in [-0.39, 0.29) is 11.6 Å². The minimum atomic E-state index is -0.522. The third-order valence-corrected chi connectivity index (χ3v) is 3.51. The number of furan rings is 1. The molecule has 1 aliphatic rings. The number of nitrogens with zero attached hydrogens (tertiary/aromatic N) is 1. The molecule has 0 aliphatic carbocycles. The summed E-state index contributed by atoms with van der Waals surface area (Å²) in [6, 6.07) is 10.6. The minimum absolute atomic E-state index is 0.186. The topological polar surface area (TPSA) is 51.8 Å². The first-order valence-electron chi connectivity index (χ1n) is 5.66. The van der Waals surface area contributed by atoms with Gasteiger partial charge in [-0.3, -0.25) is 0 Å². The summed E-state index contributed by atoms with van der Waals surface area (Å²) in [5, 5.41) is 0.479. The van der Waals surface area contributed by atoms with Gasteiger partial charge in [0.05, 0.1) is 10.6 Å². The van der Waals surface area contributed by atoms with E-state index in [1.54, 1.807) is 36.4 Å². The molecule has 0 atom stereocenters. The molecule has 0 radical (unpaired) electrons. The number of ether oxygens (including phenoxy) is 1. The van der Waals surface area contributed by atoms with Gasteiger partial charge in [0.15, 0.2) is 9.46 Å². The molecule has 0 saturated carbocycles. The second-order valence-electron chi connectivity index (χ2n) is 3.96. The molecule has 2 aromatic rings. The number of carbonyl (C=O) groups is 1. The maximum Gasteiger partial charge on any atom is 0.363 e. The zero-order valence-electron chi connectivity index (χ0n) is 9.97. The van der Waals surface area contributed by atoms with Gasteiger partial charge in [0.2, 0.25) is 5.90 Å². The second-order valence-corrected chi connectivity index (χ2v) is 5.43. The zero-order valence-corrected chi connectivity index (χ0v) is 12.9. The van der Waals surface area contributed by atoms with Crippen LogP contribution in [0.1, 0.15) is 11.3 Å². The molecule has 6 heteroatoms. The molecule has 0 bridgehead atoms. The minimum Gasteiger partial charge on any atom is -0.451 e. The van der Waals surface area contributed by atoms with Crippen molar-refractivity contribution in [1.82, 2.24) is 0 Å². The Morgan fingerprint density at radius 2 is 2.00 bits per heavy atom. The van der Waals surface area contributed by atoms with Gasteiger partial charge in [-0.25, -0.2) is 9.79 Å². The quantitative estimate of drug-likeness (QED) is 0.437. The van der Waals surface area contributed by atoms with E-state index in [0.29, 0.717) is 16.3 Å². The Kier molecular flexibility index (Phi) is 3.62. The van der Waals surface area contributed by atoms with E-state index in [4.69, 9.17) is 20.8 Å². The van der Waals surface area contributed by atoms with Crippen LogP contribution in [0.3, 0.4) is 0 Å². The molecule has 0 N–H and O–H groups in total. The largest absolute Gasteiger partial charge is 0.451 e. The number of halogens is 2. The maximum atomic E-state index is 11.8. The Labute approximate surface area is 133 Å². The Morgan fingerprint density at radius 1 is 1.20 bits per heavy atom. The molecule has 2 heterocycles. The molecule has 0 spiro atoms. The average molecular weight is 400 g/mol. The number of hydrogen-bond acceptors (Lipinski definition) is 4. The molecule has 0 fully saturated rings. The molecule has 3 rings (SSSR count). The van der Waals surface area contributed by atoms with Crippen LogP contribution in [-0.4, -0.2) is 11.9 Å². The Balaban J connectivity index is 1.97. The summed E-state index contributed by atoms with van der Waals surface area (Å²) < 4.78 is 11.2. The smallest absolute Gasteiger partial charge is 0.363 e. The van der Waals surface area contributed by atoms with Crippen molar-refractivity contribution >= 4 is 52.1 Å². The van der Waals surface area contributed by atoms with Gasteiger partial charge < -0.3 is 9.15 Å². The van der Waals surface area contributed by atoms with Crippen molar-refractivity contribution in [1.29, 1.82) is 0 Å². The van der Waals surface area contributed by atoms with Crippen molar-refractivity contribution in [3.63, 3.8) is 0 Å². The molecule has 1 aliphatic heterocycles.